The number of rotatable bonds is 1. The van der Waals surface area contributed by atoms with E-state index in [1.54, 1.807) is 0 Å². The molecule has 1 aromatic rings. The van der Waals surface area contributed by atoms with E-state index in [1.807, 2.05) is 50.3 Å². The molecule has 18 heavy (non-hydrogen) atoms. The van der Waals surface area contributed by atoms with Gasteiger partial charge >= 0.3 is 0 Å². The second-order valence-corrected chi connectivity index (χ2v) is 4.03. The highest BCUT2D eigenvalue weighted by molar-refractivity contribution is 5.66. The van der Waals surface area contributed by atoms with Crippen LogP contribution in [0.4, 0.5) is 0 Å². The first-order valence-electron chi connectivity index (χ1n) is 5.70. The maximum absolute atomic E-state index is 3.76. The highest BCUT2D eigenvalue weighted by atomic mass is 13.9. The van der Waals surface area contributed by atoms with Gasteiger partial charge in [-0.2, -0.15) is 0 Å². The second kappa shape index (κ2) is 7.00. The van der Waals surface area contributed by atoms with Gasteiger partial charge in [-0.15, -0.1) is 0 Å². The van der Waals surface area contributed by atoms with E-state index in [0.717, 1.165) is 22.3 Å². The van der Waals surface area contributed by atoms with Gasteiger partial charge in [0.25, 0.3) is 0 Å². The number of allylic oxidation sites excluding steroid dienone is 3. The molecule has 1 rings (SSSR count). The van der Waals surface area contributed by atoms with Crippen molar-refractivity contribution in [3.63, 3.8) is 0 Å². The molecule has 0 spiro atoms. The third kappa shape index (κ3) is 5.59. The summed E-state index contributed by atoms with van der Waals surface area (Å²) in [5, 5.41) is 0. The molecule has 0 fully saturated rings. The molecule has 0 N–H and O–H groups in total. The molecule has 0 atom stereocenters. The minimum absolute atomic E-state index is 0.771. The van der Waals surface area contributed by atoms with E-state index in [4.69, 9.17) is 0 Å². The van der Waals surface area contributed by atoms with Crippen LogP contribution in [0.1, 0.15) is 19.4 Å². The zero-order valence-corrected chi connectivity index (χ0v) is 10.9. The van der Waals surface area contributed by atoms with Crippen LogP contribution in [0, 0.1) is 23.7 Å². The number of hydrogen-bond donors (Lipinski definition) is 0. The Morgan fingerprint density at radius 2 is 1.39 bits per heavy atom. The second-order valence-electron chi connectivity index (χ2n) is 4.03. The normalized spacial score (nSPS) is 8.11. The molecule has 1 aromatic carbocycles. The standard InChI is InChI=1S/C18H16/c1-15(2)10-12-18(13-11-16(3)4)14-17-8-6-5-7-9-17/h5-9,14H,1,3H2,2,4H3. The van der Waals surface area contributed by atoms with Gasteiger partial charge in [0.15, 0.2) is 0 Å². The molecule has 0 amide bonds. The SMILES string of the molecule is C=C(C)C#CC(C#CC(=C)C)=Cc1ccccc1. The molecule has 0 unspecified atom stereocenters. The molecule has 0 heterocycles. The van der Waals surface area contributed by atoms with Gasteiger partial charge in [-0.05, 0) is 36.6 Å². The Kier molecular flexibility index (Phi) is 5.30. The Morgan fingerprint density at radius 3 is 1.83 bits per heavy atom. The Balaban J connectivity index is 3.11. The van der Waals surface area contributed by atoms with Gasteiger partial charge in [0.1, 0.15) is 0 Å². The first kappa shape index (κ1) is 13.6. The van der Waals surface area contributed by atoms with Crippen molar-refractivity contribution in [2.75, 3.05) is 0 Å². The van der Waals surface area contributed by atoms with Crippen molar-refractivity contribution in [2.24, 2.45) is 0 Å². The van der Waals surface area contributed by atoms with Crippen molar-refractivity contribution in [1.82, 2.24) is 0 Å². The molecule has 0 aliphatic heterocycles. The van der Waals surface area contributed by atoms with Gasteiger partial charge in [0, 0.05) is 0 Å². The fourth-order valence-corrected chi connectivity index (χ4v) is 1.17. The summed E-state index contributed by atoms with van der Waals surface area (Å²) in [6.07, 6.45) is 1.96. The third-order valence-electron chi connectivity index (χ3n) is 1.93. The van der Waals surface area contributed by atoms with Crippen molar-refractivity contribution in [3.05, 3.63) is 65.8 Å². The first-order chi connectivity index (χ1) is 8.58. The zero-order valence-electron chi connectivity index (χ0n) is 10.9. The lowest BCUT2D eigenvalue weighted by Gasteiger charge is -1.92. The van der Waals surface area contributed by atoms with E-state index in [9.17, 15) is 0 Å². The monoisotopic (exact) mass is 232 g/mol. The van der Waals surface area contributed by atoms with E-state index >= 15 is 0 Å². The summed E-state index contributed by atoms with van der Waals surface area (Å²) in [5.41, 5.74) is 3.50. The molecule has 0 nitrogen and oxygen atoms in total. The average Bonchev–Trinajstić information content (AvgIpc) is 2.33. The van der Waals surface area contributed by atoms with Crippen molar-refractivity contribution < 1.29 is 0 Å². The van der Waals surface area contributed by atoms with Crippen molar-refractivity contribution in [2.45, 2.75) is 13.8 Å². The van der Waals surface area contributed by atoms with E-state index in [1.165, 1.54) is 0 Å². The summed E-state index contributed by atoms with van der Waals surface area (Å²) in [6, 6.07) is 10.00. The van der Waals surface area contributed by atoms with Crippen LogP contribution < -0.4 is 0 Å². The maximum Gasteiger partial charge on any atom is 0.0757 e. The highest BCUT2D eigenvalue weighted by Gasteiger charge is 1.89. The van der Waals surface area contributed by atoms with Crippen LogP contribution in [0.2, 0.25) is 0 Å². The van der Waals surface area contributed by atoms with E-state index in [2.05, 4.69) is 36.8 Å². The van der Waals surface area contributed by atoms with E-state index < -0.39 is 0 Å². The van der Waals surface area contributed by atoms with Crippen LogP contribution >= 0.6 is 0 Å². The fraction of sp³-hybridized carbons (Fsp3) is 0.111. The zero-order chi connectivity index (χ0) is 13.4. The fourth-order valence-electron chi connectivity index (χ4n) is 1.17. The van der Waals surface area contributed by atoms with Gasteiger partial charge < -0.3 is 0 Å². The topological polar surface area (TPSA) is 0 Å². The number of benzene rings is 1. The van der Waals surface area contributed by atoms with Crippen LogP contribution in [0.15, 0.2) is 60.2 Å². The van der Waals surface area contributed by atoms with Crippen molar-refractivity contribution in [3.8, 4) is 23.7 Å². The lowest BCUT2D eigenvalue weighted by atomic mass is 10.1. The minimum Gasteiger partial charge on any atom is -0.0877 e. The molecule has 0 aromatic heterocycles. The predicted octanol–water partition coefficient (Wildman–Crippen LogP) is 4.23. The predicted molar refractivity (Wildman–Crippen MR) is 79.6 cm³/mol. The van der Waals surface area contributed by atoms with E-state index in [-0.39, 0.29) is 0 Å². The molecule has 0 radical (unpaired) electrons. The molecule has 0 saturated heterocycles. The molecule has 0 bridgehead atoms. The number of hydrogen-bond acceptors (Lipinski definition) is 0. The first-order valence-corrected chi connectivity index (χ1v) is 5.70. The van der Waals surface area contributed by atoms with Crippen LogP contribution in [0.3, 0.4) is 0 Å². The van der Waals surface area contributed by atoms with Gasteiger partial charge in [0.05, 0.1) is 5.57 Å². The van der Waals surface area contributed by atoms with E-state index in [0.29, 0.717) is 0 Å². The summed E-state index contributed by atoms with van der Waals surface area (Å²) in [7, 11) is 0. The molecule has 0 saturated carbocycles. The van der Waals surface area contributed by atoms with Crippen LogP contribution in [0.25, 0.3) is 6.08 Å². The lowest BCUT2D eigenvalue weighted by molar-refractivity contribution is 1.61. The summed E-state index contributed by atoms with van der Waals surface area (Å²) in [6.45, 7) is 11.3. The van der Waals surface area contributed by atoms with Crippen LogP contribution in [0.5, 0.6) is 0 Å². The minimum atomic E-state index is 0.771. The largest absolute Gasteiger partial charge is 0.0877 e. The quantitative estimate of drug-likeness (QED) is 0.636. The summed E-state index contributed by atoms with van der Waals surface area (Å²) < 4.78 is 0. The maximum atomic E-state index is 3.76. The van der Waals surface area contributed by atoms with Gasteiger partial charge in [-0.3, -0.25) is 0 Å². The Morgan fingerprint density at radius 1 is 0.889 bits per heavy atom. The van der Waals surface area contributed by atoms with Gasteiger partial charge in [-0.1, -0.05) is 67.2 Å². The molecular weight excluding hydrogens is 216 g/mol. The smallest absolute Gasteiger partial charge is 0.0757 e. The Hall–Kier alpha value is -2.44. The Bertz CT molecular complexity index is 556. The van der Waals surface area contributed by atoms with Crippen LogP contribution in [-0.4, -0.2) is 0 Å². The van der Waals surface area contributed by atoms with Crippen LogP contribution in [-0.2, 0) is 0 Å². The van der Waals surface area contributed by atoms with Crippen molar-refractivity contribution >= 4 is 6.08 Å². The lowest BCUT2D eigenvalue weighted by Crippen LogP contribution is -1.77. The molecule has 0 heteroatoms. The third-order valence-corrected chi connectivity index (χ3v) is 1.93. The summed E-state index contributed by atoms with van der Waals surface area (Å²) in [4.78, 5) is 0. The molecular formula is C18H16. The molecule has 88 valence electrons. The average molecular weight is 232 g/mol. The molecule has 0 aliphatic carbocycles. The highest BCUT2D eigenvalue weighted by Crippen LogP contribution is 2.05. The summed E-state index contributed by atoms with van der Waals surface area (Å²) >= 11 is 0. The van der Waals surface area contributed by atoms with Gasteiger partial charge in [-0.25, -0.2) is 0 Å². The Labute approximate surface area is 110 Å². The summed E-state index contributed by atoms with van der Waals surface area (Å²) in [5.74, 6) is 11.9. The van der Waals surface area contributed by atoms with Crippen molar-refractivity contribution in [1.29, 1.82) is 0 Å². The van der Waals surface area contributed by atoms with Gasteiger partial charge in [0.2, 0.25) is 0 Å². The molecule has 0 aliphatic rings.